The Balaban J connectivity index is 1.95. The molecule has 0 bridgehead atoms. The van der Waals surface area contributed by atoms with Crippen LogP contribution in [0.4, 0.5) is 0 Å². The van der Waals surface area contributed by atoms with Crippen molar-refractivity contribution in [3.63, 3.8) is 0 Å². The van der Waals surface area contributed by atoms with Gasteiger partial charge in [-0.3, -0.25) is 14.2 Å². The molecule has 0 fully saturated rings. The number of benzene rings is 1. The number of nitrogens with one attached hydrogen (secondary N) is 1. The molecule has 2 heterocycles. The van der Waals surface area contributed by atoms with Crippen LogP contribution in [0, 0.1) is 13.8 Å². The minimum atomic E-state index is -0.0999. The molecule has 0 unspecified atom stereocenters. The van der Waals surface area contributed by atoms with Crippen LogP contribution in [0.1, 0.15) is 35.1 Å². The molecule has 7 heteroatoms. The maximum atomic E-state index is 12.8. The van der Waals surface area contributed by atoms with Gasteiger partial charge < -0.3 is 4.98 Å². The van der Waals surface area contributed by atoms with Crippen LogP contribution >= 0.6 is 23.4 Å². The zero-order valence-corrected chi connectivity index (χ0v) is 16.5. The topological polar surface area (TPSA) is 67.8 Å². The molecule has 136 valence electrons. The molecule has 3 aromatic rings. The number of nitrogens with zero attached hydrogens (tertiary/aromatic N) is 2. The van der Waals surface area contributed by atoms with Crippen LogP contribution in [0.2, 0.25) is 5.02 Å². The van der Waals surface area contributed by atoms with E-state index in [9.17, 15) is 9.59 Å². The summed E-state index contributed by atoms with van der Waals surface area (Å²) in [6.45, 7) is 6.37. The van der Waals surface area contributed by atoms with Crippen LogP contribution < -0.4 is 5.56 Å². The number of thioether (sulfide) groups is 1. The SMILES string of the molecule is CCCn1c(SCC(=O)c2cc(C)[nH]c2C)nc2cc(Cl)ccc2c1=O. The summed E-state index contributed by atoms with van der Waals surface area (Å²) in [7, 11) is 0. The van der Waals surface area contributed by atoms with E-state index in [-0.39, 0.29) is 17.1 Å². The maximum Gasteiger partial charge on any atom is 0.262 e. The maximum absolute atomic E-state index is 12.8. The average Bonchev–Trinajstić information content (AvgIpc) is 2.94. The molecular formula is C19H20ClN3O2S. The van der Waals surface area contributed by atoms with Gasteiger partial charge >= 0.3 is 0 Å². The number of aryl methyl sites for hydroxylation is 2. The lowest BCUT2D eigenvalue weighted by Crippen LogP contribution is -2.23. The van der Waals surface area contributed by atoms with Gasteiger partial charge in [0.05, 0.1) is 16.7 Å². The molecule has 0 aliphatic carbocycles. The number of rotatable bonds is 6. The summed E-state index contributed by atoms with van der Waals surface area (Å²) in [5, 5.41) is 1.61. The number of hydrogen-bond donors (Lipinski definition) is 1. The molecule has 26 heavy (non-hydrogen) atoms. The van der Waals surface area contributed by atoms with E-state index in [1.54, 1.807) is 22.8 Å². The lowest BCUT2D eigenvalue weighted by Gasteiger charge is -2.12. The van der Waals surface area contributed by atoms with E-state index in [2.05, 4.69) is 9.97 Å². The first-order chi connectivity index (χ1) is 12.4. The number of Topliss-reactive ketones (excluding diaryl/α,β-unsaturated/α-hetero) is 1. The molecular weight excluding hydrogens is 370 g/mol. The van der Waals surface area contributed by atoms with Gasteiger partial charge in [0.15, 0.2) is 10.9 Å². The highest BCUT2D eigenvalue weighted by Crippen LogP contribution is 2.22. The van der Waals surface area contributed by atoms with Gasteiger partial charge in [-0.1, -0.05) is 30.3 Å². The van der Waals surface area contributed by atoms with Crippen molar-refractivity contribution in [2.75, 3.05) is 5.75 Å². The smallest absolute Gasteiger partial charge is 0.262 e. The van der Waals surface area contributed by atoms with Gasteiger partial charge in [-0.25, -0.2) is 4.98 Å². The highest BCUT2D eigenvalue weighted by molar-refractivity contribution is 7.99. The van der Waals surface area contributed by atoms with Crippen LogP contribution in [-0.2, 0) is 6.54 Å². The zero-order valence-electron chi connectivity index (χ0n) is 14.9. The van der Waals surface area contributed by atoms with Crippen LogP contribution in [0.15, 0.2) is 34.2 Å². The highest BCUT2D eigenvalue weighted by atomic mass is 35.5. The van der Waals surface area contributed by atoms with E-state index in [0.29, 0.717) is 33.2 Å². The fraction of sp³-hybridized carbons (Fsp3) is 0.316. The van der Waals surface area contributed by atoms with Crippen LogP contribution in [0.3, 0.4) is 0 Å². The molecule has 0 spiro atoms. The Hall–Kier alpha value is -2.05. The fourth-order valence-corrected chi connectivity index (χ4v) is 4.00. The van der Waals surface area contributed by atoms with Gasteiger partial charge in [-0.05, 0) is 44.5 Å². The van der Waals surface area contributed by atoms with Gasteiger partial charge in [-0.2, -0.15) is 0 Å². The number of aromatic nitrogens is 3. The second-order valence-electron chi connectivity index (χ2n) is 6.22. The van der Waals surface area contributed by atoms with Crippen LogP contribution in [0.25, 0.3) is 10.9 Å². The van der Waals surface area contributed by atoms with E-state index in [1.807, 2.05) is 26.8 Å². The molecule has 0 saturated heterocycles. The van der Waals surface area contributed by atoms with Crippen molar-refractivity contribution < 1.29 is 4.79 Å². The second kappa shape index (κ2) is 7.68. The summed E-state index contributed by atoms with van der Waals surface area (Å²) in [6.07, 6.45) is 0.804. The van der Waals surface area contributed by atoms with Gasteiger partial charge in [0.25, 0.3) is 5.56 Å². The van der Waals surface area contributed by atoms with E-state index < -0.39 is 0 Å². The van der Waals surface area contributed by atoms with Gasteiger partial charge in [0.2, 0.25) is 0 Å². The third-order valence-electron chi connectivity index (χ3n) is 4.11. The number of fused-ring (bicyclic) bond motifs is 1. The predicted octanol–water partition coefficient (Wildman–Crippen LogP) is 4.38. The quantitative estimate of drug-likeness (QED) is 0.386. The van der Waals surface area contributed by atoms with Crippen molar-refractivity contribution >= 4 is 40.0 Å². The minimum absolute atomic E-state index is 0.0142. The van der Waals surface area contributed by atoms with Crippen LogP contribution in [0.5, 0.6) is 0 Å². The predicted molar refractivity (Wildman–Crippen MR) is 107 cm³/mol. The van der Waals surface area contributed by atoms with Crippen molar-refractivity contribution in [1.82, 2.24) is 14.5 Å². The lowest BCUT2D eigenvalue weighted by atomic mass is 10.2. The van der Waals surface area contributed by atoms with Gasteiger partial charge in [0, 0.05) is 28.5 Å². The minimum Gasteiger partial charge on any atom is -0.362 e. The summed E-state index contributed by atoms with van der Waals surface area (Å²) >= 11 is 7.33. The number of aromatic amines is 1. The Bertz CT molecular complexity index is 1040. The van der Waals surface area contributed by atoms with E-state index in [0.717, 1.165) is 17.8 Å². The summed E-state index contributed by atoms with van der Waals surface area (Å²) in [5.41, 5.74) is 2.95. The Morgan fingerprint density at radius 3 is 2.73 bits per heavy atom. The molecule has 1 aromatic carbocycles. The Morgan fingerprint density at radius 1 is 1.31 bits per heavy atom. The third kappa shape index (κ3) is 3.71. The van der Waals surface area contributed by atoms with Crippen LogP contribution in [-0.4, -0.2) is 26.1 Å². The standard InChI is InChI=1S/C19H20ClN3O2S/c1-4-7-23-18(25)14-6-5-13(20)9-16(14)22-19(23)26-10-17(24)15-8-11(2)21-12(15)3/h5-6,8-9,21H,4,7,10H2,1-3H3. The molecule has 1 N–H and O–H groups in total. The summed E-state index contributed by atoms with van der Waals surface area (Å²) in [5.74, 6) is 0.237. The zero-order chi connectivity index (χ0) is 18.8. The van der Waals surface area contributed by atoms with E-state index in [4.69, 9.17) is 11.6 Å². The number of H-pyrrole nitrogens is 1. The molecule has 0 saturated carbocycles. The Kier molecular flexibility index (Phi) is 5.53. The van der Waals surface area contributed by atoms with Crippen molar-refractivity contribution in [2.45, 2.75) is 38.9 Å². The van der Waals surface area contributed by atoms with Gasteiger partial charge in [0.1, 0.15) is 0 Å². The van der Waals surface area contributed by atoms with Crippen molar-refractivity contribution in [2.24, 2.45) is 0 Å². The number of ketones is 1. The molecule has 0 atom stereocenters. The molecule has 2 aromatic heterocycles. The first kappa shape index (κ1) is 18.7. The van der Waals surface area contributed by atoms with E-state index >= 15 is 0 Å². The number of halogens is 1. The average molecular weight is 390 g/mol. The molecule has 5 nitrogen and oxygen atoms in total. The molecule has 0 aliphatic rings. The molecule has 3 rings (SSSR count). The monoisotopic (exact) mass is 389 g/mol. The summed E-state index contributed by atoms with van der Waals surface area (Å²) < 4.78 is 1.64. The molecule has 0 amide bonds. The normalized spacial score (nSPS) is 11.2. The number of carbonyl (C=O) groups is 1. The molecule has 0 radical (unpaired) electrons. The summed E-state index contributed by atoms with van der Waals surface area (Å²) in [4.78, 5) is 33.1. The fourth-order valence-electron chi connectivity index (χ4n) is 2.93. The van der Waals surface area contributed by atoms with E-state index in [1.165, 1.54) is 11.8 Å². The van der Waals surface area contributed by atoms with Crippen molar-refractivity contribution in [3.8, 4) is 0 Å². The van der Waals surface area contributed by atoms with Crippen molar-refractivity contribution in [1.29, 1.82) is 0 Å². The number of carbonyl (C=O) groups excluding carboxylic acids is 1. The molecule has 0 aliphatic heterocycles. The highest BCUT2D eigenvalue weighted by Gasteiger charge is 2.16. The van der Waals surface area contributed by atoms with Gasteiger partial charge in [-0.15, -0.1) is 0 Å². The number of hydrogen-bond acceptors (Lipinski definition) is 4. The largest absolute Gasteiger partial charge is 0.362 e. The lowest BCUT2D eigenvalue weighted by molar-refractivity contribution is 0.102. The summed E-state index contributed by atoms with van der Waals surface area (Å²) in [6, 6.07) is 6.92. The third-order valence-corrected chi connectivity index (χ3v) is 5.32. The Labute approximate surface area is 160 Å². The first-order valence-electron chi connectivity index (χ1n) is 8.43. The first-order valence-corrected chi connectivity index (χ1v) is 9.79. The Morgan fingerprint density at radius 2 is 2.08 bits per heavy atom. The van der Waals surface area contributed by atoms with Crippen molar-refractivity contribution in [3.05, 3.63) is 56.6 Å². The second-order valence-corrected chi connectivity index (χ2v) is 7.59.